The second-order valence-corrected chi connectivity index (χ2v) is 13.6. The van der Waals surface area contributed by atoms with Crippen molar-refractivity contribution in [2.45, 2.75) is 12.8 Å². The molecular weight excluding hydrogens is 515 g/mol. The predicted octanol–water partition coefficient (Wildman–Crippen LogP) is 7.56. The summed E-state index contributed by atoms with van der Waals surface area (Å²) in [6, 6.07) is 59.6. The lowest BCUT2D eigenvalue weighted by atomic mass is 9.89. The molecule has 0 spiro atoms. The minimum absolute atomic E-state index is 0.172. The highest BCUT2D eigenvalue weighted by Crippen LogP contribution is 2.57. The van der Waals surface area contributed by atoms with Crippen molar-refractivity contribution >= 4 is 28.5 Å². The van der Waals surface area contributed by atoms with Crippen molar-refractivity contribution in [2.24, 2.45) is 0 Å². The molecule has 0 amide bonds. The molecule has 0 heterocycles. The van der Waals surface area contributed by atoms with E-state index in [1.165, 1.54) is 49.0 Å². The van der Waals surface area contributed by atoms with Gasteiger partial charge in [0.2, 0.25) is 0 Å². The van der Waals surface area contributed by atoms with Crippen molar-refractivity contribution in [2.75, 3.05) is 6.61 Å². The van der Waals surface area contributed by atoms with Gasteiger partial charge in [0.1, 0.15) is 28.5 Å². The van der Waals surface area contributed by atoms with Crippen LogP contribution >= 0.6 is 7.26 Å². The Morgan fingerprint density at radius 1 is 0.415 bits per heavy atom. The van der Waals surface area contributed by atoms with Gasteiger partial charge in [-0.2, -0.15) is 0 Å². The van der Waals surface area contributed by atoms with E-state index in [2.05, 4.69) is 164 Å². The van der Waals surface area contributed by atoms with Crippen LogP contribution in [0.3, 0.4) is 0 Å². The van der Waals surface area contributed by atoms with E-state index in [-0.39, 0.29) is 6.61 Å². The molecule has 0 radical (unpaired) electrons. The van der Waals surface area contributed by atoms with Crippen LogP contribution in [0.1, 0.15) is 12.0 Å². The molecule has 1 nitrogen and oxygen atoms in total. The summed E-state index contributed by atoms with van der Waals surface area (Å²) in [4.78, 5) is 0. The zero-order valence-corrected chi connectivity index (χ0v) is 24.0. The van der Waals surface area contributed by atoms with Crippen LogP contribution in [0.5, 0.6) is 0 Å². The largest absolute Gasteiger partial charge is 0.396 e. The Morgan fingerprint density at radius 3 is 1.22 bits per heavy atom. The Balaban J connectivity index is 1.82. The zero-order chi connectivity index (χ0) is 27.9. The minimum atomic E-state index is -2.35. The van der Waals surface area contributed by atoms with Gasteiger partial charge in [-0.25, -0.2) is 0 Å². The van der Waals surface area contributed by atoms with Gasteiger partial charge in [-0.05, 0) is 77.6 Å². The molecule has 1 N–H and O–H groups in total. The molecule has 2 heteroatoms. The van der Waals surface area contributed by atoms with Gasteiger partial charge in [0.05, 0.1) is 0 Å². The molecule has 0 bridgehead atoms. The summed E-state index contributed by atoms with van der Waals surface area (Å²) in [6.07, 6.45) is 1.54. The van der Waals surface area contributed by atoms with Gasteiger partial charge in [-0.1, -0.05) is 121 Å². The van der Waals surface area contributed by atoms with E-state index < -0.39 is 7.26 Å². The summed E-state index contributed by atoms with van der Waals surface area (Å²) in [6.45, 7) is 0.172. The maximum atomic E-state index is 9.81. The van der Waals surface area contributed by atoms with Gasteiger partial charge in [-0.3, -0.25) is 0 Å². The Labute approximate surface area is 244 Å². The summed E-state index contributed by atoms with van der Waals surface area (Å²) < 4.78 is 0. The van der Waals surface area contributed by atoms with Crippen molar-refractivity contribution < 1.29 is 5.11 Å². The van der Waals surface area contributed by atoms with Gasteiger partial charge in [0, 0.05) is 12.2 Å². The molecular formula is C39H34OP+. The topological polar surface area (TPSA) is 20.2 Å². The normalized spacial score (nSPS) is 11.3. The fourth-order valence-electron chi connectivity index (χ4n) is 6.04. The fourth-order valence-corrected chi connectivity index (χ4v) is 10.5. The van der Waals surface area contributed by atoms with E-state index in [4.69, 9.17) is 0 Å². The predicted molar refractivity (Wildman–Crippen MR) is 178 cm³/mol. The van der Waals surface area contributed by atoms with Crippen LogP contribution < -0.4 is 21.2 Å². The first-order chi connectivity index (χ1) is 20.3. The lowest BCUT2D eigenvalue weighted by molar-refractivity contribution is 0.288. The molecule has 6 aromatic rings. The number of aryl methyl sites for hydroxylation is 1. The number of hydrogen-bond donors (Lipinski definition) is 1. The minimum Gasteiger partial charge on any atom is -0.396 e. The fraction of sp³-hybridized carbons (Fsp3) is 0.0769. The van der Waals surface area contributed by atoms with E-state index in [1.54, 1.807) is 0 Å². The molecule has 41 heavy (non-hydrogen) atoms. The van der Waals surface area contributed by atoms with E-state index >= 15 is 0 Å². The van der Waals surface area contributed by atoms with E-state index in [0.29, 0.717) is 0 Å². The van der Waals surface area contributed by atoms with Crippen LogP contribution in [0.4, 0.5) is 0 Å². The maximum absolute atomic E-state index is 9.81. The number of benzene rings is 6. The summed E-state index contributed by atoms with van der Waals surface area (Å²) in [5, 5.41) is 15.1. The van der Waals surface area contributed by atoms with Crippen molar-refractivity contribution in [3.8, 4) is 22.3 Å². The van der Waals surface area contributed by atoms with Gasteiger partial charge < -0.3 is 5.11 Å². The standard InChI is InChI=1S/C39H34OP/c40-30-16-21-33-28-29-37(39(32-19-8-2-9-20-32)38(33)31-17-6-1-7-18-31)41(34-22-10-3-11-23-34,35-24-12-4-13-25-35)36-26-14-5-15-27-36/h1-15,17-20,22-29,40H,16,21,30H2/q+1. The molecule has 0 atom stereocenters. The number of rotatable bonds is 9. The number of aliphatic hydroxyl groups excluding tert-OH is 1. The molecule has 0 aliphatic heterocycles. The summed E-state index contributed by atoms with van der Waals surface area (Å²) in [5.74, 6) is 0. The average Bonchev–Trinajstić information content (AvgIpc) is 3.06. The molecule has 6 aromatic carbocycles. The molecule has 0 aliphatic carbocycles. The first-order valence-corrected chi connectivity index (χ1v) is 16.1. The second kappa shape index (κ2) is 12.5. The Bertz CT molecular complexity index is 1590. The molecule has 0 fully saturated rings. The quantitative estimate of drug-likeness (QED) is 0.185. The van der Waals surface area contributed by atoms with Crippen molar-refractivity contribution in [1.82, 2.24) is 0 Å². The molecule has 0 saturated carbocycles. The first kappa shape index (κ1) is 26.9. The van der Waals surface area contributed by atoms with E-state index in [0.717, 1.165) is 12.8 Å². The molecule has 200 valence electrons. The van der Waals surface area contributed by atoms with Crippen molar-refractivity contribution in [3.63, 3.8) is 0 Å². The highest BCUT2D eigenvalue weighted by Gasteiger charge is 2.50. The average molecular weight is 550 g/mol. The Morgan fingerprint density at radius 2 is 0.805 bits per heavy atom. The van der Waals surface area contributed by atoms with Crippen molar-refractivity contribution in [3.05, 3.63) is 169 Å². The van der Waals surface area contributed by atoms with E-state index in [9.17, 15) is 5.11 Å². The third-order valence-corrected chi connectivity index (χ3v) is 12.1. The van der Waals surface area contributed by atoms with Gasteiger partial charge in [0.25, 0.3) is 0 Å². The lowest BCUT2D eigenvalue weighted by Gasteiger charge is -2.31. The summed E-state index contributed by atoms with van der Waals surface area (Å²) in [7, 11) is -2.35. The third-order valence-electron chi connectivity index (χ3n) is 7.79. The third kappa shape index (κ3) is 5.16. The van der Waals surface area contributed by atoms with E-state index in [1.807, 2.05) is 0 Å². The SMILES string of the molecule is OCCCc1ccc([P+](c2ccccc2)(c2ccccc2)c2ccccc2)c(-c2ccccc2)c1-c1ccccc1. The molecule has 0 aromatic heterocycles. The van der Waals surface area contributed by atoms with Crippen LogP contribution in [-0.2, 0) is 6.42 Å². The zero-order valence-electron chi connectivity index (χ0n) is 23.1. The Hall–Kier alpha value is -4.29. The maximum Gasteiger partial charge on any atom is 0.144 e. The highest BCUT2D eigenvalue weighted by atomic mass is 31.2. The summed E-state index contributed by atoms with van der Waals surface area (Å²) >= 11 is 0. The van der Waals surface area contributed by atoms with Crippen LogP contribution in [0.25, 0.3) is 22.3 Å². The van der Waals surface area contributed by atoms with Crippen molar-refractivity contribution in [1.29, 1.82) is 0 Å². The first-order valence-electron chi connectivity index (χ1n) is 14.3. The number of hydrogen-bond acceptors (Lipinski definition) is 1. The van der Waals surface area contributed by atoms with Crippen LogP contribution in [0.2, 0.25) is 0 Å². The molecule has 0 aliphatic rings. The summed E-state index contributed by atoms with van der Waals surface area (Å²) in [5.41, 5.74) is 6.21. The Kier molecular flexibility index (Phi) is 8.19. The second-order valence-electron chi connectivity index (χ2n) is 10.2. The molecule has 0 unspecified atom stereocenters. The molecule has 0 saturated heterocycles. The van der Waals surface area contributed by atoms with Crippen LogP contribution in [0.15, 0.2) is 164 Å². The van der Waals surface area contributed by atoms with Gasteiger partial charge >= 0.3 is 0 Å². The van der Waals surface area contributed by atoms with Gasteiger partial charge in [0.15, 0.2) is 0 Å². The number of aliphatic hydroxyl groups is 1. The molecule has 6 rings (SSSR count). The van der Waals surface area contributed by atoms with Gasteiger partial charge in [-0.15, -0.1) is 0 Å². The smallest absolute Gasteiger partial charge is 0.144 e. The highest BCUT2D eigenvalue weighted by molar-refractivity contribution is 8.01. The lowest BCUT2D eigenvalue weighted by Crippen LogP contribution is -2.39. The van der Waals surface area contributed by atoms with Crippen LogP contribution in [-0.4, -0.2) is 11.7 Å². The van der Waals surface area contributed by atoms with Crippen LogP contribution in [0, 0.1) is 0 Å². The monoisotopic (exact) mass is 549 g/mol.